The molecule has 4 aromatic carbocycles. The molecule has 0 saturated carbocycles. The zero-order chi connectivity index (χ0) is 28.8. The molecule has 0 aromatic heterocycles. The monoisotopic (exact) mass is 564 g/mol. The number of rotatable bonds is 15. The quantitative estimate of drug-likeness (QED) is 0.142. The van der Waals surface area contributed by atoms with Crippen LogP contribution in [0.25, 0.3) is 0 Å². The Kier molecular flexibility index (Phi) is 11.5. The third-order valence-corrected chi connectivity index (χ3v) is 7.38. The summed E-state index contributed by atoms with van der Waals surface area (Å²) in [4.78, 5) is 0. The van der Waals surface area contributed by atoms with Crippen LogP contribution in [0, 0.1) is 0 Å². The fraction of sp³-hybridized carbons (Fsp3) is 0.297. The van der Waals surface area contributed by atoms with Crippen molar-refractivity contribution in [2.24, 2.45) is 0 Å². The molecular weight excluding hydrogens is 524 g/mol. The van der Waals surface area contributed by atoms with E-state index < -0.39 is 12.2 Å². The van der Waals surface area contributed by atoms with Crippen molar-refractivity contribution in [3.8, 4) is 0 Å². The predicted molar refractivity (Wildman–Crippen MR) is 165 cm³/mol. The second kappa shape index (κ2) is 16.2. The maximum absolute atomic E-state index is 6.72. The molecule has 5 atom stereocenters. The fourth-order valence-corrected chi connectivity index (χ4v) is 5.24. The summed E-state index contributed by atoms with van der Waals surface area (Å²) in [6.45, 7) is 6.15. The molecule has 1 fully saturated rings. The van der Waals surface area contributed by atoms with Crippen LogP contribution in [0.4, 0.5) is 0 Å². The number of hydrogen-bond acceptors (Lipinski definition) is 5. The van der Waals surface area contributed by atoms with Crippen molar-refractivity contribution < 1.29 is 23.7 Å². The van der Waals surface area contributed by atoms with Crippen LogP contribution in [0.1, 0.15) is 28.7 Å². The minimum atomic E-state index is -0.425. The summed E-state index contributed by atoms with van der Waals surface area (Å²) < 4.78 is 32.9. The van der Waals surface area contributed by atoms with Crippen molar-refractivity contribution in [2.75, 3.05) is 6.61 Å². The van der Waals surface area contributed by atoms with E-state index in [4.69, 9.17) is 23.7 Å². The van der Waals surface area contributed by atoms with Gasteiger partial charge in [-0.1, -0.05) is 127 Å². The average molecular weight is 565 g/mol. The van der Waals surface area contributed by atoms with Crippen LogP contribution in [0.15, 0.2) is 134 Å². The lowest BCUT2D eigenvalue weighted by molar-refractivity contribution is -0.271. The van der Waals surface area contributed by atoms with Gasteiger partial charge in [0.1, 0.15) is 24.4 Å². The molecule has 5 rings (SSSR count). The predicted octanol–water partition coefficient (Wildman–Crippen LogP) is 7.30. The van der Waals surface area contributed by atoms with Crippen molar-refractivity contribution in [3.05, 3.63) is 156 Å². The zero-order valence-corrected chi connectivity index (χ0v) is 24.0. The van der Waals surface area contributed by atoms with Gasteiger partial charge in [-0.3, -0.25) is 0 Å². The van der Waals surface area contributed by atoms with Crippen molar-refractivity contribution in [1.29, 1.82) is 0 Å². The smallest absolute Gasteiger partial charge is 0.115 e. The van der Waals surface area contributed by atoms with Gasteiger partial charge < -0.3 is 23.7 Å². The van der Waals surface area contributed by atoms with Crippen LogP contribution in [-0.2, 0) is 50.1 Å². The van der Waals surface area contributed by atoms with Gasteiger partial charge in [0.05, 0.1) is 39.1 Å². The van der Waals surface area contributed by atoms with Crippen molar-refractivity contribution >= 4 is 0 Å². The molecule has 1 aliphatic heterocycles. The Labute approximate surface area is 249 Å². The summed E-state index contributed by atoms with van der Waals surface area (Å²) in [5.41, 5.74) is 4.37. The lowest BCUT2D eigenvalue weighted by atomic mass is 9.92. The van der Waals surface area contributed by atoms with Crippen LogP contribution in [0.2, 0.25) is 0 Å². The lowest BCUT2D eigenvalue weighted by Gasteiger charge is -2.46. The van der Waals surface area contributed by atoms with E-state index in [9.17, 15) is 0 Å². The van der Waals surface area contributed by atoms with Crippen molar-refractivity contribution in [3.63, 3.8) is 0 Å². The van der Waals surface area contributed by atoms with E-state index in [1.165, 1.54) is 0 Å². The molecule has 5 nitrogen and oxygen atoms in total. The Hall–Kier alpha value is -3.58. The van der Waals surface area contributed by atoms with Crippen LogP contribution in [0.5, 0.6) is 0 Å². The van der Waals surface area contributed by atoms with E-state index in [0.717, 1.165) is 22.3 Å². The average Bonchev–Trinajstić information content (AvgIpc) is 3.05. The Morgan fingerprint density at radius 1 is 0.500 bits per heavy atom. The van der Waals surface area contributed by atoms with Crippen LogP contribution >= 0.6 is 0 Å². The standard InChI is InChI=1S/C37H40O5/c1-2-15-33-35(39-25-30-18-9-4-10-19-30)37(41-27-32-22-13-6-14-23-32)36(40-26-31-20-11-5-12-21-31)34(42-33)28-38-24-29-16-7-3-8-17-29/h2-14,16-23,33-37H,1,15,24-28H2/t33-,34+,35+,36+,37+/m0/s1. The van der Waals surface area contributed by atoms with Crippen molar-refractivity contribution in [2.45, 2.75) is 63.4 Å². The summed E-state index contributed by atoms with van der Waals surface area (Å²) in [6.07, 6.45) is 0.663. The van der Waals surface area contributed by atoms with Gasteiger partial charge in [-0.25, -0.2) is 0 Å². The van der Waals surface area contributed by atoms with Crippen molar-refractivity contribution in [1.82, 2.24) is 0 Å². The summed E-state index contributed by atoms with van der Waals surface area (Å²) in [7, 11) is 0. The van der Waals surface area contributed by atoms with Gasteiger partial charge in [0.2, 0.25) is 0 Å². The number of benzene rings is 4. The minimum Gasteiger partial charge on any atom is -0.374 e. The highest BCUT2D eigenvalue weighted by Crippen LogP contribution is 2.32. The summed E-state index contributed by atoms with van der Waals surface area (Å²) in [5.74, 6) is 0. The molecule has 218 valence electrons. The van der Waals surface area contributed by atoms with E-state index in [0.29, 0.717) is 39.5 Å². The summed E-state index contributed by atoms with van der Waals surface area (Å²) in [6, 6.07) is 40.7. The normalized spacial score (nSPS) is 22.0. The molecule has 1 heterocycles. The fourth-order valence-electron chi connectivity index (χ4n) is 5.24. The van der Waals surface area contributed by atoms with Gasteiger partial charge in [0, 0.05) is 0 Å². The lowest BCUT2D eigenvalue weighted by Crippen LogP contribution is -2.61. The van der Waals surface area contributed by atoms with Crippen LogP contribution in [0.3, 0.4) is 0 Å². The molecule has 0 radical (unpaired) electrons. The highest BCUT2D eigenvalue weighted by Gasteiger charge is 2.48. The Morgan fingerprint density at radius 3 is 1.31 bits per heavy atom. The van der Waals surface area contributed by atoms with Gasteiger partial charge in [-0.2, -0.15) is 0 Å². The molecule has 5 heteroatoms. The Balaban J connectivity index is 1.40. The van der Waals surface area contributed by atoms with Crippen LogP contribution < -0.4 is 0 Å². The van der Waals surface area contributed by atoms with E-state index in [1.54, 1.807) is 0 Å². The maximum atomic E-state index is 6.72. The molecule has 0 bridgehead atoms. The van der Waals surface area contributed by atoms with E-state index >= 15 is 0 Å². The molecule has 0 amide bonds. The molecule has 1 saturated heterocycles. The first kappa shape index (κ1) is 29.9. The molecule has 0 spiro atoms. The van der Waals surface area contributed by atoms with Gasteiger partial charge in [-0.05, 0) is 28.7 Å². The molecule has 42 heavy (non-hydrogen) atoms. The van der Waals surface area contributed by atoms with Gasteiger partial charge in [-0.15, -0.1) is 6.58 Å². The first-order valence-electron chi connectivity index (χ1n) is 14.6. The summed E-state index contributed by atoms with van der Waals surface area (Å²) >= 11 is 0. The van der Waals surface area contributed by atoms with E-state index in [1.807, 2.05) is 78.9 Å². The second-order valence-electron chi connectivity index (χ2n) is 10.5. The minimum absolute atomic E-state index is 0.270. The number of ether oxygens (including phenoxy) is 5. The first-order valence-corrected chi connectivity index (χ1v) is 14.6. The molecule has 1 aliphatic rings. The summed E-state index contributed by atoms with van der Waals surface area (Å²) in [5, 5.41) is 0. The third kappa shape index (κ3) is 8.71. The molecule has 0 aliphatic carbocycles. The second-order valence-corrected chi connectivity index (χ2v) is 10.5. The van der Waals surface area contributed by atoms with Crippen LogP contribution in [-0.4, -0.2) is 37.1 Å². The first-order chi connectivity index (χ1) is 20.8. The highest BCUT2D eigenvalue weighted by atomic mass is 16.6. The number of hydrogen-bond donors (Lipinski definition) is 0. The van der Waals surface area contributed by atoms with Gasteiger partial charge in [0.25, 0.3) is 0 Å². The molecule has 0 N–H and O–H groups in total. The van der Waals surface area contributed by atoms with Gasteiger partial charge in [0.15, 0.2) is 0 Å². The Morgan fingerprint density at radius 2 is 0.881 bits per heavy atom. The largest absolute Gasteiger partial charge is 0.374 e. The maximum Gasteiger partial charge on any atom is 0.115 e. The van der Waals surface area contributed by atoms with E-state index in [2.05, 4.69) is 55.1 Å². The zero-order valence-electron chi connectivity index (χ0n) is 24.0. The van der Waals surface area contributed by atoms with Gasteiger partial charge >= 0.3 is 0 Å². The Bertz CT molecular complexity index is 1300. The SMILES string of the molecule is C=CC[C@@H]1O[C@H](COCc2ccccc2)[C@@H](OCc2ccccc2)[C@H](OCc2ccccc2)[C@@H]1OCc1ccccc1. The molecule has 0 unspecified atom stereocenters. The van der Waals surface area contributed by atoms with E-state index in [-0.39, 0.29) is 18.3 Å². The highest BCUT2D eigenvalue weighted by molar-refractivity contribution is 5.16. The topological polar surface area (TPSA) is 46.2 Å². The molecule has 4 aromatic rings. The molecular formula is C37H40O5. The third-order valence-electron chi connectivity index (χ3n) is 7.38.